The van der Waals surface area contributed by atoms with E-state index in [4.69, 9.17) is 46.4 Å². The number of rotatable bonds is 2. The van der Waals surface area contributed by atoms with E-state index in [1.165, 1.54) is 0 Å². The fourth-order valence-electron chi connectivity index (χ4n) is 0.225. The quantitative estimate of drug-likeness (QED) is 0.555. The van der Waals surface area contributed by atoms with E-state index in [-0.39, 0.29) is 10.4 Å². The molecule has 0 aliphatic rings. The van der Waals surface area contributed by atoms with Crippen LogP contribution in [0.15, 0.2) is 21.5 Å². The maximum Gasteiger partial charge on any atom is 0.521 e. The SMILES string of the molecule is O=C(O/C(Cl)=C/Cl)O/C(Cl)=C/Cl. The summed E-state index contributed by atoms with van der Waals surface area (Å²) in [4.78, 5) is 10.6. The van der Waals surface area contributed by atoms with Gasteiger partial charge in [0, 0.05) is 0 Å². The molecule has 68 valence electrons. The van der Waals surface area contributed by atoms with Crippen LogP contribution in [0.3, 0.4) is 0 Å². The lowest BCUT2D eigenvalue weighted by Gasteiger charge is -2.00. The van der Waals surface area contributed by atoms with Gasteiger partial charge in [-0.1, -0.05) is 23.2 Å². The van der Waals surface area contributed by atoms with Gasteiger partial charge in [-0.2, -0.15) is 0 Å². The number of hydrogen-bond donors (Lipinski definition) is 0. The van der Waals surface area contributed by atoms with Crippen molar-refractivity contribution >= 4 is 52.6 Å². The molecule has 12 heavy (non-hydrogen) atoms. The highest BCUT2D eigenvalue weighted by atomic mass is 35.5. The van der Waals surface area contributed by atoms with Crippen LogP contribution in [0.5, 0.6) is 0 Å². The van der Waals surface area contributed by atoms with E-state index in [1.54, 1.807) is 0 Å². The van der Waals surface area contributed by atoms with Crippen LogP contribution in [-0.2, 0) is 9.47 Å². The molecule has 0 aromatic heterocycles. The van der Waals surface area contributed by atoms with E-state index in [2.05, 4.69) is 9.47 Å². The molecule has 0 aliphatic carbocycles. The van der Waals surface area contributed by atoms with Crippen molar-refractivity contribution in [2.45, 2.75) is 0 Å². The first-order valence-electron chi connectivity index (χ1n) is 2.41. The van der Waals surface area contributed by atoms with Crippen molar-refractivity contribution in [3.63, 3.8) is 0 Å². The highest BCUT2D eigenvalue weighted by molar-refractivity contribution is 6.36. The monoisotopic (exact) mass is 250 g/mol. The molecular formula is C5H2Cl4O3. The van der Waals surface area contributed by atoms with Gasteiger partial charge in [0.15, 0.2) is 0 Å². The molecule has 0 unspecified atom stereocenters. The van der Waals surface area contributed by atoms with Gasteiger partial charge in [0.25, 0.3) is 0 Å². The second-order valence-electron chi connectivity index (χ2n) is 1.28. The highest BCUT2D eigenvalue weighted by Crippen LogP contribution is 2.11. The Balaban J connectivity index is 3.91. The molecular weight excluding hydrogens is 250 g/mol. The zero-order chi connectivity index (χ0) is 9.56. The van der Waals surface area contributed by atoms with Gasteiger partial charge >= 0.3 is 6.16 Å². The Morgan fingerprint density at radius 2 is 1.33 bits per heavy atom. The third-order valence-corrected chi connectivity index (χ3v) is 1.53. The molecule has 0 atom stereocenters. The van der Waals surface area contributed by atoms with Crippen LogP contribution in [0.1, 0.15) is 0 Å². The minimum absolute atomic E-state index is 0.333. The maximum absolute atomic E-state index is 10.6. The van der Waals surface area contributed by atoms with Crippen LogP contribution in [0.2, 0.25) is 0 Å². The summed E-state index contributed by atoms with van der Waals surface area (Å²) in [5, 5.41) is -0.665. The topological polar surface area (TPSA) is 35.5 Å². The third-order valence-electron chi connectivity index (χ3n) is 0.533. The number of halogens is 4. The summed E-state index contributed by atoms with van der Waals surface area (Å²) >= 11 is 20.5. The molecule has 7 heteroatoms. The lowest BCUT2D eigenvalue weighted by molar-refractivity contribution is 0.113. The van der Waals surface area contributed by atoms with Gasteiger partial charge in [-0.25, -0.2) is 4.79 Å². The molecule has 0 aliphatic heterocycles. The lowest BCUT2D eigenvalue weighted by atomic mass is 11.0. The smallest absolute Gasteiger partial charge is 0.381 e. The van der Waals surface area contributed by atoms with E-state index in [9.17, 15) is 4.79 Å². The second kappa shape index (κ2) is 6.43. The first-order chi connectivity index (χ1) is 5.60. The summed E-state index contributed by atoms with van der Waals surface area (Å²) in [7, 11) is 0. The van der Waals surface area contributed by atoms with Gasteiger partial charge in [0.1, 0.15) is 0 Å². The average Bonchev–Trinajstić information content (AvgIpc) is 2.03. The first-order valence-corrected chi connectivity index (χ1v) is 4.04. The van der Waals surface area contributed by atoms with Crippen LogP contribution in [-0.4, -0.2) is 6.16 Å². The van der Waals surface area contributed by atoms with Gasteiger partial charge in [-0.3, -0.25) is 0 Å². The second-order valence-corrected chi connectivity index (χ2v) is 2.46. The minimum Gasteiger partial charge on any atom is -0.381 e. The van der Waals surface area contributed by atoms with Crippen LogP contribution in [0.4, 0.5) is 4.79 Å². The lowest BCUT2D eigenvalue weighted by Crippen LogP contribution is -2.02. The molecule has 0 N–H and O–H groups in total. The van der Waals surface area contributed by atoms with Crippen LogP contribution in [0, 0.1) is 0 Å². The van der Waals surface area contributed by atoms with Crippen molar-refractivity contribution in [2.75, 3.05) is 0 Å². The number of ether oxygens (including phenoxy) is 2. The zero-order valence-electron chi connectivity index (χ0n) is 5.39. The van der Waals surface area contributed by atoms with E-state index < -0.39 is 6.16 Å². The zero-order valence-corrected chi connectivity index (χ0v) is 8.42. The van der Waals surface area contributed by atoms with Gasteiger partial charge in [0.05, 0.1) is 11.1 Å². The largest absolute Gasteiger partial charge is 0.521 e. The van der Waals surface area contributed by atoms with Crippen LogP contribution >= 0.6 is 46.4 Å². The van der Waals surface area contributed by atoms with Crippen molar-refractivity contribution in [3.05, 3.63) is 21.5 Å². The molecule has 0 aromatic carbocycles. The van der Waals surface area contributed by atoms with Crippen LogP contribution in [0.25, 0.3) is 0 Å². The van der Waals surface area contributed by atoms with Crippen molar-refractivity contribution in [1.29, 1.82) is 0 Å². The molecule has 0 amide bonds. The number of carbonyl (C=O) groups excluding carboxylic acids is 1. The Labute approximate surface area is 88.4 Å². The minimum atomic E-state index is -1.13. The Kier molecular flexibility index (Phi) is 6.38. The molecule has 0 heterocycles. The predicted molar refractivity (Wildman–Crippen MR) is 47.1 cm³/mol. The summed E-state index contributed by atoms with van der Waals surface area (Å²) < 4.78 is 8.44. The highest BCUT2D eigenvalue weighted by Gasteiger charge is 2.07. The summed E-state index contributed by atoms with van der Waals surface area (Å²) in [6, 6.07) is 0. The fraction of sp³-hybridized carbons (Fsp3) is 0. The third kappa shape index (κ3) is 5.55. The molecule has 0 saturated carbocycles. The molecule has 0 radical (unpaired) electrons. The van der Waals surface area contributed by atoms with E-state index in [0.29, 0.717) is 0 Å². The standard InChI is InChI=1S/C5H2Cl4O3/c6-1-3(8)11-5(10)12-4(9)2-7/h1-2H/b3-1+,4-2+. The van der Waals surface area contributed by atoms with Crippen LogP contribution < -0.4 is 0 Å². The maximum atomic E-state index is 10.6. The van der Waals surface area contributed by atoms with E-state index in [1.807, 2.05) is 0 Å². The predicted octanol–water partition coefficient (Wildman–Crippen LogP) is 3.69. The van der Waals surface area contributed by atoms with Gasteiger partial charge in [-0.15, -0.1) is 0 Å². The Hall–Kier alpha value is -0.0900. The summed E-state index contributed by atoms with van der Waals surface area (Å²) in [5.74, 6) is 0. The van der Waals surface area contributed by atoms with Gasteiger partial charge in [0.2, 0.25) is 10.4 Å². The molecule has 0 fully saturated rings. The van der Waals surface area contributed by atoms with E-state index >= 15 is 0 Å². The van der Waals surface area contributed by atoms with Crippen molar-refractivity contribution < 1.29 is 14.3 Å². The fourth-order valence-corrected chi connectivity index (χ4v) is 0.440. The average molecular weight is 252 g/mol. The molecule has 3 nitrogen and oxygen atoms in total. The van der Waals surface area contributed by atoms with Gasteiger partial charge < -0.3 is 9.47 Å². The van der Waals surface area contributed by atoms with Crippen molar-refractivity contribution in [1.82, 2.24) is 0 Å². The Morgan fingerprint density at radius 1 is 1.00 bits per heavy atom. The molecule has 0 aromatic rings. The van der Waals surface area contributed by atoms with Crippen molar-refractivity contribution in [2.24, 2.45) is 0 Å². The molecule has 0 bridgehead atoms. The summed E-state index contributed by atoms with van der Waals surface area (Å²) in [6.45, 7) is 0. The Morgan fingerprint density at radius 3 is 1.58 bits per heavy atom. The Bertz CT molecular complexity index is 201. The number of hydrogen-bond acceptors (Lipinski definition) is 3. The van der Waals surface area contributed by atoms with E-state index in [0.717, 1.165) is 11.1 Å². The normalized spacial score (nSPS) is 12.7. The van der Waals surface area contributed by atoms with Gasteiger partial charge in [-0.05, 0) is 23.2 Å². The molecule has 0 saturated heterocycles. The summed E-state index contributed by atoms with van der Waals surface area (Å²) in [5.41, 5.74) is 1.70. The summed E-state index contributed by atoms with van der Waals surface area (Å²) in [6.07, 6.45) is -1.13. The number of carbonyl (C=O) groups is 1. The first kappa shape index (κ1) is 11.9. The van der Waals surface area contributed by atoms with Crippen molar-refractivity contribution in [3.8, 4) is 0 Å². The molecule has 0 spiro atoms. The molecule has 0 rings (SSSR count).